The van der Waals surface area contributed by atoms with Crippen LogP contribution in [0.2, 0.25) is 0 Å². The summed E-state index contributed by atoms with van der Waals surface area (Å²) in [5, 5.41) is 0. The molecule has 0 radical (unpaired) electrons. The van der Waals surface area contributed by atoms with Crippen LogP contribution in [0.15, 0.2) is 22.7 Å². The lowest BCUT2D eigenvalue weighted by atomic mass is 9.99. The zero-order valence-corrected chi connectivity index (χ0v) is 13.0. The van der Waals surface area contributed by atoms with Crippen molar-refractivity contribution in [2.75, 3.05) is 26.1 Å². The Morgan fingerprint density at radius 2 is 2.33 bits per heavy atom. The van der Waals surface area contributed by atoms with E-state index in [1.807, 2.05) is 6.07 Å². The molecule has 0 bridgehead atoms. The summed E-state index contributed by atoms with van der Waals surface area (Å²) in [6, 6.07) is 6.29. The molecular formula is C14H19BrClNO. The standard InChI is InChI=1S/C14H19BrClNO/c1-18-14-5-4-11(7-13(14)15)9-17-6-2-3-12(8-16)10-17/h4-5,7,12H,2-3,6,8-10H2,1H3. The molecule has 0 aromatic heterocycles. The second-order valence-electron chi connectivity index (χ2n) is 4.87. The summed E-state index contributed by atoms with van der Waals surface area (Å²) >= 11 is 9.50. The molecule has 1 heterocycles. The zero-order chi connectivity index (χ0) is 13.0. The van der Waals surface area contributed by atoms with E-state index in [1.165, 1.54) is 24.9 Å². The number of hydrogen-bond acceptors (Lipinski definition) is 2. The number of benzene rings is 1. The Morgan fingerprint density at radius 1 is 1.50 bits per heavy atom. The van der Waals surface area contributed by atoms with Crippen molar-refractivity contribution in [1.29, 1.82) is 0 Å². The molecule has 1 saturated heterocycles. The van der Waals surface area contributed by atoms with Crippen LogP contribution in [0.4, 0.5) is 0 Å². The first-order valence-corrected chi connectivity index (χ1v) is 7.66. The highest BCUT2D eigenvalue weighted by atomic mass is 79.9. The molecular weight excluding hydrogens is 314 g/mol. The first-order valence-electron chi connectivity index (χ1n) is 6.33. The molecule has 1 aromatic carbocycles. The van der Waals surface area contributed by atoms with Gasteiger partial charge in [-0.1, -0.05) is 6.07 Å². The molecule has 0 N–H and O–H groups in total. The van der Waals surface area contributed by atoms with Crippen LogP contribution in [-0.4, -0.2) is 31.0 Å². The monoisotopic (exact) mass is 331 g/mol. The highest BCUT2D eigenvalue weighted by molar-refractivity contribution is 9.10. The molecule has 0 aliphatic carbocycles. The van der Waals surface area contributed by atoms with Crippen molar-refractivity contribution in [3.8, 4) is 5.75 Å². The van der Waals surface area contributed by atoms with Gasteiger partial charge in [-0.2, -0.15) is 0 Å². The lowest BCUT2D eigenvalue weighted by Gasteiger charge is -2.31. The van der Waals surface area contributed by atoms with E-state index < -0.39 is 0 Å². The number of methoxy groups -OCH3 is 1. The van der Waals surface area contributed by atoms with Gasteiger partial charge in [0.05, 0.1) is 11.6 Å². The fourth-order valence-corrected chi connectivity index (χ4v) is 3.33. The van der Waals surface area contributed by atoms with Gasteiger partial charge in [0, 0.05) is 19.0 Å². The van der Waals surface area contributed by atoms with Gasteiger partial charge < -0.3 is 4.74 Å². The second-order valence-corrected chi connectivity index (χ2v) is 6.03. The Balaban J connectivity index is 1.98. The molecule has 1 aliphatic rings. The molecule has 1 aromatic rings. The van der Waals surface area contributed by atoms with Crippen molar-refractivity contribution in [2.24, 2.45) is 5.92 Å². The van der Waals surface area contributed by atoms with Crippen molar-refractivity contribution in [3.05, 3.63) is 28.2 Å². The number of ether oxygens (including phenoxy) is 1. The second kappa shape index (κ2) is 6.78. The Bertz CT molecular complexity index is 399. The number of likely N-dealkylation sites (tertiary alicyclic amines) is 1. The highest BCUT2D eigenvalue weighted by Crippen LogP contribution is 2.27. The van der Waals surface area contributed by atoms with Gasteiger partial charge in [-0.05, 0) is 58.9 Å². The summed E-state index contributed by atoms with van der Waals surface area (Å²) < 4.78 is 6.27. The van der Waals surface area contributed by atoms with Crippen LogP contribution >= 0.6 is 27.5 Å². The van der Waals surface area contributed by atoms with Crippen molar-refractivity contribution in [1.82, 2.24) is 4.90 Å². The lowest BCUT2D eigenvalue weighted by Crippen LogP contribution is -2.35. The average molecular weight is 333 g/mol. The lowest BCUT2D eigenvalue weighted by molar-refractivity contribution is 0.178. The van der Waals surface area contributed by atoms with E-state index in [9.17, 15) is 0 Å². The fourth-order valence-electron chi connectivity index (χ4n) is 2.49. The van der Waals surface area contributed by atoms with E-state index in [2.05, 4.69) is 33.0 Å². The van der Waals surface area contributed by atoms with Crippen LogP contribution in [0.3, 0.4) is 0 Å². The number of alkyl halides is 1. The first kappa shape index (κ1) is 14.2. The molecule has 2 nitrogen and oxygen atoms in total. The van der Waals surface area contributed by atoms with Gasteiger partial charge in [0.25, 0.3) is 0 Å². The molecule has 100 valence electrons. The summed E-state index contributed by atoms with van der Waals surface area (Å²) in [5.74, 6) is 2.32. The molecule has 1 unspecified atom stereocenters. The van der Waals surface area contributed by atoms with E-state index in [1.54, 1.807) is 7.11 Å². The largest absolute Gasteiger partial charge is 0.496 e. The van der Waals surface area contributed by atoms with Crippen LogP contribution in [-0.2, 0) is 6.54 Å². The number of piperidine rings is 1. The van der Waals surface area contributed by atoms with Crippen molar-refractivity contribution in [3.63, 3.8) is 0 Å². The minimum absolute atomic E-state index is 0.655. The SMILES string of the molecule is COc1ccc(CN2CCCC(CCl)C2)cc1Br. The Hall–Kier alpha value is -0.250. The van der Waals surface area contributed by atoms with Crippen LogP contribution in [0, 0.1) is 5.92 Å². The third-order valence-electron chi connectivity index (χ3n) is 3.44. The number of rotatable bonds is 4. The van der Waals surface area contributed by atoms with E-state index >= 15 is 0 Å². The van der Waals surface area contributed by atoms with Crippen molar-refractivity contribution < 1.29 is 4.74 Å². The van der Waals surface area contributed by atoms with Gasteiger partial charge in [-0.3, -0.25) is 4.90 Å². The first-order chi connectivity index (χ1) is 8.72. The maximum atomic E-state index is 5.96. The van der Waals surface area contributed by atoms with E-state index in [0.717, 1.165) is 29.2 Å². The van der Waals surface area contributed by atoms with Crippen molar-refractivity contribution in [2.45, 2.75) is 19.4 Å². The van der Waals surface area contributed by atoms with Crippen LogP contribution in [0.1, 0.15) is 18.4 Å². The average Bonchev–Trinajstić information content (AvgIpc) is 2.39. The summed E-state index contributed by atoms with van der Waals surface area (Å²) in [7, 11) is 1.69. The number of halogens is 2. The molecule has 18 heavy (non-hydrogen) atoms. The van der Waals surface area contributed by atoms with Crippen LogP contribution in [0.25, 0.3) is 0 Å². The van der Waals surface area contributed by atoms with Crippen LogP contribution < -0.4 is 4.74 Å². The summed E-state index contributed by atoms with van der Waals surface area (Å²) in [6.07, 6.45) is 2.53. The third kappa shape index (κ3) is 3.62. The molecule has 0 amide bonds. The summed E-state index contributed by atoms with van der Waals surface area (Å²) in [6.45, 7) is 3.29. The van der Waals surface area contributed by atoms with Gasteiger partial charge in [0.2, 0.25) is 0 Å². The molecule has 2 rings (SSSR count). The Labute approximate surface area is 122 Å². The highest BCUT2D eigenvalue weighted by Gasteiger charge is 2.19. The van der Waals surface area contributed by atoms with E-state index in [0.29, 0.717) is 5.92 Å². The van der Waals surface area contributed by atoms with Gasteiger partial charge >= 0.3 is 0 Å². The topological polar surface area (TPSA) is 12.5 Å². The fraction of sp³-hybridized carbons (Fsp3) is 0.571. The summed E-state index contributed by atoms with van der Waals surface area (Å²) in [4.78, 5) is 2.49. The predicted molar refractivity (Wildman–Crippen MR) is 79.4 cm³/mol. The van der Waals surface area contributed by atoms with Crippen LogP contribution in [0.5, 0.6) is 5.75 Å². The molecule has 1 aliphatic heterocycles. The molecule has 1 atom stereocenters. The normalized spacial score (nSPS) is 20.9. The summed E-state index contributed by atoms with van der Waals surface area (Å²) in [5.41, 5.74) is 1.32. The van der Waals surface area contributed by atoms with E-state index in [4.69, 9.17) is 16.3 Å². The Morgan fingerprint density at radius 3 is 3.00 bits per heavy atom. The molecule has 0 spiro atoms. The quantitative estimate of drug-likeness (QED) is 0.775. The minimum Gasteiger partial charge on any atom is -0.496 e. The Kier molecular flexibility index (Phi) is 5.34. The minimum atomic E-state index is 0.655. The molecule has 1 fully saturated rings. The number of nitrogens with zero attached hydrogens (tertiary/aromatic N) is 1. The molecule has 0 saturated carbocycles. The van der Waals surface area contributed by atoms with Gasteiger partial charge in [0.1, 0.15) is 5.75 Å². The maximum absolute atomic E-state index is 5.96. The number of hydrogen-bond donors (Lipinski definition) is 0. The van der Waals surface area contributed by atoms with Gasteiger partial charge in [-0.25, -0.2) is 0 Å². The maximum Gasteiger partial charge on any atom is 0.133 e. The van der Waals surface area contributed by atoms with E-state index in [-0.39, 0.29) is 0 Å². The smallest absolute Gasteiger partial charge is 0.133 e. The van der Waals surface area contributed by atoms with Gasteiger partial charge in [0.15, 0.2) is 0 Å². The molecule has 4 heteroatoms. The van der Waals surface area contributed by atoms with Gasteiger partial charge in [-0.15, -0.1) is 11.6 Å². The predicted octanol–water partition coefficient (Wildman–Crippen LogP) is 3.91. The zero-order valence-electron chi connectivity index (χ0n) is 10.7. The third-order valence-corrected chi connectivity index (χ3v) is 4.50. The van der Waals surface area contributed by atoms with Crippen molar-refractivity contribution >= 4 is 27.5 Å².